The van der Waals surface area contributed by atoms with Crippen LogP contribution in [0, 0.1) is 0 Å². The molecule has 0 atom stereocenters. The van der Waals surface area contributed by atoms with Crippen molar-refractivity contribution >= 4 is 7.12 Å². The Bertz CT molecular complexity index is 499. The summed E-state index contributed by atoms with van der Waals surface area (Å²) in [5.41, 5.74) is 0.0529. The summed E-state index contributed by atoms with van der Waals surface area (Å²) in [6.45, 7) is 7.75. The predicted molar refractivity (Wildman–Crippen MR) is 82.2 cm³/mol. The summed E-state index contributed by atoms with van der Waals surface area (Å²) in [5.74, 6) is 0.803. The molecule has 0 bridgehead atoms. The summed E-state index contributed by atoms with van der Waals surface area (Å²) in [5, 5.41) is 0. The van der Waals surface area contributed by atoms with Crippen molar-refractivity contribution in [1.82, 2.24) is 0 Å². The van der Waals surface area contributed by atoms with Gasteiger partial charge in [-0.15, -0.1) is 0 Å². The molecule has 1 aliphatic rings. The largest absolute Gasteiger partial charge is 0.497 e. The van der Waals surface area contributed by atoms with Gasteiger partial charge in [-0.25, -0.2) is 0 Å². The standard InChI is InChI=1S/C16H25BO3/c1-15(2)16(3,4)20-17(19-15)12-6-7-13-8-10-14(18-5)11-9-13/h8-11H,6-7,12H2,1-5H3/i12D2. The van der Waals surface area contributed by atoms with E-state index in [-0.39, 0.29) is 0 Å². The Morgan fingerprint density at radius 1 is 1.10 bits per heavy atom. The molecule has 0 spiro atoms. The van der Waals surface area contributed by atoms with Gasteiger partial charge in [0.2, 0.25) is 0 Å². The molecule has 1 saturated heterocycles. The van der Waals surface area contributed by atoms with Crippen LogP contribution in [0.5, 0.6) is 5.75 Å². The molecular formula is C16H25BO3. The van der Waals surface area contributed by atoms with Crippen molar-refractivity contribution in [3.8, 4) is 5.75 Å². The Kier molecular flexibility index (Phi) is 3.68. The summed E-state index contributed by atoms with van der Waals surface area (Å²) in [6, 6.07) is 7.69. The average molecular weight is 278 g/mol. The fraction of sp³-hybridized carbons (Fsp3) is 0.625. The lowest BCUT2D eigenvalue weighted by Crippen LogP contribution is -2.41. The van der Waals surface area contributed by atoms with Gasteiger partial charge in [0.05, 0.1) is 18.3 Å². The van der Waals surface area contributed by atoms with Crippen molar-refractivity contribution in [3.05, 3.63) is 29.8 Å². The van der Waals surface area contributed by atoms with Crippen molar-refractivity contribution in [1.29, 1.82) is 0 Å². The summed E-state index contributed by atoms with van der Waals surface area (Å²) < 4.78 is 33.4. The van der Waals surface area contributed by atoms with Crippen molar-refractivity contribution in [3.63, 3.8) is 0 Å². The summed E-state index contributed by atoms with van der Waals surface area (Å²) in [7, 11) is 0.794. The van der Waals surface area contributed by atoms with Crippen molar-refractivity contribution < 1.29 is 16.8 Å². The van der Waals surface area contributed by atoms with Gasteiger partial charge in [-0.1, -0.05) is 18.6 Å². The minimum absolute atomic E-state index is 0.343. The van der Waals surface area contributed by atoms with E-state index in [4.69, 9.17) is 16.8 Å². The highest BCUT2D eigenvalue weighted by Crippen LogP contribution is 2.38. The lowest BCUT2D eigenvalue weighted by Gasteiger charge is -2.32. The first-order valence-electron chi connectivity index (χ1n) is 8.06. The molecule has 1 aromatic carbocycles. The third-order valence-electron chi connectivity index (χ3n) is 4.14. The molecule has 0 amide bonds. The van der Waals surface area contributed by atoms with E-state index in [2.05, 4.69) is 0 Å². The fourth-order valence-corrected chi connectivity index (χ4v) is 2.05. The highest BCUT2D eigenvalue weighted by Gasteiger charge is 2.50. The topological polar surface area (TPSA) is 27.7 Å². The van der Waals surface area contributed by atoms with Crippen LogP contribution in [0.2, 0.25) is 6.27 Å². The lowest BCUT2D eigenvalue weighted by atomic mass is 9.82. The zero-order chi connectivity index (χ0) is 16.6. The second-order valence-electron chi connectivity index (χ2n) is 6.14. The quantitative estimate of drug-likeness (QED) is 0.768. The van der Waals surface area contributed by atoms with Gasteiger partial charge in [0, 0.05) is 2.74 Å². The summed E-state index contributed by atoms with van der Waals surface area (Å²) >= 11 is 0. The van der Waals surface area contributed by atoms with Gasteiger partial charge in [-0.3, -0.25) is 0 Å². The molecule has 0 radical (unpaired) electrons. The zero-order valence-electron chi connectivity index (χ0n) is 15.0. The van der Waals surface area contributed by atoms with Crippen LogP contribution in [-0.2, 0) is 15.7 Å². The minimum Gasteiger partial charge on any atom is -0.497 e. The van der Waals surface area contributed by atoms with Crippen LogP contribution in [0.3, 0.4) is 0 Å². The van der Waals surface area contributed by atoms with E-state index in [1.807, 2.05) is 52.0 Å². The smallest absolute Gasteiger partial charge is 0.457 e. The summed E-state index contributed by atoms with van der Waals surface area (Å²) in [6.07, 6.45) is -0.567. The van der Waals surface area contributed by atoms with Gasteiger partial charge in [0.1, 0.15) is 5.75 Å². The molecule has 1 aliphatic heterocycles. The Balaban J connectivity index is 1.99. The Morgan fingerprint density at radius 3 is 2.15 bits per heavy atom. The molecule has 1 heterocycles. The molecule has 3 nitrogen and oxygen atoms in total. The molecule has 2 rings (SSSR count). The monoisotopic (exact) mass is 278 g/mol. The lowest BCUT2D eigenvalue weighted by molar-refractivity contribution is 0.00578. The van der Waals surface area contributed by atoms with Crippen LogP contribution in [0.1, 0.15) is 42.4 Å². The van der Waals surface area contributed by atoms with Crippen molar-refractivity contribution in [2.45, 2.75) is 58.0 Å². The molecular weight excluding hydrogens is 251 g/mol. The van der Waals surface area contributed by atoms with Gasteiger partial charge >= 0.3 is 7.12 Å². The number of methoxy groups -OCH3 is 1. The van der Waals surface area contributed by atoms with E-state index in [9.17, 15) is 0 Å². The normalized spacial score (nSPS) is 22.4. The number of hydrogen-bond donors (Lipinski definition) is 0. The van der Waals surface area contributed by atoms with E-state index in [0.29, 0.717) is 12.8 Å². The van der Waals surface area contributed by atoms with Gasteiger partial charge < -0.3 is 14.0 Å². The highest BCUT2D eigenvalue weighted by atomic mass is 16.7. The number of ether oxygens (including phenoxy) is 1. The van der Waals surface area contributed by atoms with E-state index < -0.39 is 24.6 Å². The van der Waals surface area contributed by atoms with Crippen LogP contribution in [0.25, 0.3) is 0 Å². The molecule has 110 valence electrons. The predicted octanol–water partition coefficient (Wildman–Crippen LogP) is 3.72. The molecule has 0 unspecified atom stereocenters. The van der Waals surface area contributed by atoms with Gasteiger partial charge in [0.15, 0.2) is 0 Å². The number of aryl methyl sites for hydroxylation is 1. The highest BCUT2D eigenvalue weighted by molar-refractivity contribution is 6.45. The molecule has 4 heteroatoms. The fourth-order valence-electron chi connectivity index (χ4n) is 2.05. The average Bonchev–Trinajstić information content (AvgIpc) is 2.66. The Labute approximate surface area is 125 Å². The molecule has 0 aliphatic carbocycles. The minimum atomic E-state index is -1.54. The third kappa shape index (κ3) is 3.36. The van der Waals surface area contributed by atoms with Crippen LogP contribution >= 0.6 is 0 Å². The zero-order valence-corrected chi connectivity index (χ0v) is 13.0. The van der Waals surface area contributed by atoms with E-state index in [1.165, 1.54) is 0 Å². The van der Waals surface area contributed by atoms with Gasteiger partial charge in [-0.2, -0.15) is 0 Å². The van der Waals surface area contributed by atoms with E-state index in [0.717, 1.165) is 11.3 Å². The SMILES string of the molecule is [2H]C([2H])(CCc1ccc(OC)cc1)B1OC(C)(C)C(C)(C)O1. The van der Waals surface area contributed by atoms with E-state index in [1.54, 1.807) is 7.11 Å². The molecule has 20 heavy (non-hydrogen) atoms. The number of benzene rings is 1. The van der Waals surface area contributed by atoms with Crippen LogP contribution in [0.15, 0.2) is 24.3 Å². The molecule has 0 aromatic heterocycles. The van der Waals surface area contributed by atoms with Crippen LogP contribution in [-0.4, -0.2) is 25.4 Å². The maximum atomic E-state index is 8.30. The molecule has 0 saturated carbocycles. The number of rotatable bonds is 5. The maximum Gasteiger partial charge on any atom is 0.457 e. The molecule has 1 aromatic rings. The first kappa shape index (κ1) is 12.7. The maximum absolute atomic E-state index is 8.30. The van der Waals surface area contributed by atoms with Gasteiger partial charge in [-0.05, 0) is 58.1 Å². The Hall–Kier alpha value is -0.995. The van der Waals surface area contributed by atoms with Crippen molar-refractivity contribution in [2.75, 3.05) is 7.11 Å². The van der Waals surface area contributed by atoms with Crippen molar-refractivity contribution in [2.24, 2.45) is 0 Å². The van der Waals surface area contributed by atoms with Gasteiger partial charge in [0.25, 0.3) is 0 Å². The van der Waals surface area contributed by atoms with Crippen LogP contribution < -0.4 is 4.74 Å². The first-order valence-corrected chi connectivity index (χ1v) is 7.06. The van der Waals surface area contributed by atoms with E-state index >= 15 is 0 Å². The first-order chi connectivity index (χ1) is 10.1. The number of hydrogen-bond acceptors (Lipinski definition) is 3. The van der Waals surface area contributed by atoms with Crippen LogP contribution in [0.4, 0.5) is 0 Å². The summed E-state index contributed by atoms with van der Waals surface area (Å²) in [4.78, 5) is 0. The second-order valence-corrected chi connectivity index (χ2v) is 6.14. The second kappa shape index (κ2) is 5.78. The molecule has 0 N–H and O–H groups in total. The third-order valence-corrected chi connectivity index (χ3v) is 4.14. The Morgan fingerprint density at radius 2 is 1.65 bits per heavy atom. The molecule has 1 fully saturated rings.